The van der Waals surface area contributed by atoms with Crippen molar-refractivity contribution in [2.24, 2.45) is 0 Å². The van der Waals surface area contributed by atoms with E-state index in [9.17, 15) is 5.53 Å². The minimum absolute atomic E-state index is 0.885. The van der Waals surface area contributed by atoms with Crippen LogP contribution in [0.15, 0.2) is 60.2 Å². The number of unbranched alkanes of at least 4 members (excludes halogenated alkanes) is 4. The van der Waals surface area contributed by atoms with E-state index in [1.54, 1.807) is 0 Å². The zero-order chi connectivity index (χ0) is 22.1. The molecule has 0 bridgehead atoms. The zero-order valence-electron chi connectivity index (χ0n) is 19.7. The quantitative estimate of drug-likeness (QED) is 0.245. The van der Waals surface area contributed by atoms with Crippen LogP contribution in [0.1, 0.15) is 94.4 Å². The van der Waals surface area contributed by atoms with Crippen molar-refractivity contribution in [2.45, 2.75) is 85.0 Å². The number of hydrogen-bond donors (Lipinski definition) is 0. The van der Waals surface area contributed by atoms with Crippen molar-refractivity contribution in [3.8, 4) is 0 Å². The SMILES string of the molecule is CCCCCc1ccc(C2=CC(CCCC)=C(c3ccc(CCCC)cc3)[N+]2=[N-])cc1. The highest BCUT2D eigenvalue weighted by molar-refractivity contribution is 5.78. The fourth-order valence-corrected chi connectivity index (χ4v) is 4.25. The van der Waals surface area contributed by atoms with Gasteiger partial charge in [-0.15, -0.1) is 0 Å². The molecule has 0 saturated carbocycles. The van der Waals surface area contributed by atoms with E-state index in [0.29, 0.717) is 0 Å². The molecule has 0 saturated heterocycles. The van der Waals surface area contributed by atoms with Gasteiger partial charge in [0.2, 0.25) is 11.4 Å². The van der Waals surface area contributed by atoms with Crippen molar-refractivity contribution in [3.63, 3.8) is 0 Å². The summed E-state index contributed by atoms with van der Waals surface area (Å²) >= 11 is 0. The third kappa shape index (κ3) is 6.03. The third-order valence-corrected chi connectivity index (χ3v) is 6.22. The zero-order valence-corrected chi connectivity index (χ0v) is 19.7. The molecular formula is C29H38N2. The molecule has 2 aromatic rings. The van der Waals surface area contributed by atoms with Gasteiger partial charge < -0.3 is 5.53 Å². The number of allylic oxidation sites excluding steroid dienone is 2. The first kappa shape index (κ1) is 23.2. The molecule has 0 fully saturated rings. The van der Waals surface area contributed by atoms with Crippen LogP contribution in [0.2, 0.25) is 0 Å². The van der Waals surface area contributed by atoms with Crippen LogP contribution >= 0.6 is 0 Å². The molecule has 1 aliphatic rings. The largest absolute Gasteiger partial charge is 0.493 e. The Balaban J connectivity index is 1.81. The summed E-state index contributed by atoms with van der Waals surface area (Å²) in [6, 6.07) is 17.5. The van der Waals surface area contributed by atoms with E-state index in [2.05, 4.69) is 75.4 Å². The molecule has 0 atom stereocenters. The van der Waals surface area contributed by atoms with Crippen LogP contribution in [0.5, 0.6) is 0 Å². The van der Waals surface area contributed by atoms with Gasteiger partial charge in [0.05, 0.1) is 0 Å². The predicted octanol–water partition coefficient (Wildman–Crippen LogP) is 8.75. The first-order chi connectivity index (χ1) is 15.2. The number of rotatable bonds is 12. The van der Waals surface area contributed by atoms with Crippen molar-refractivity contribution >= 4 is 11.4 Å². The lowest BCUT2D eigenvalue weighted by molar-refractivity contribution is -0.344. The topological polar surface area (TPSA) is 25.3 Å². The van der Waals surface area contributed by atoms with E-state index in [1.165, 1.54) is 53.5 Å². The van der Waals surface area contributed by atoms with Crippen LogP contribution in [0.4, 0.5) is 0 Å². The number of nitrogens with zero attached hydrogens (tertiary/aromatic N) is 2. The van der Waals surface area contributed by atoms with Crippen molar-refractivity contribution < 1.29 is 4.70 Å². The van der Waals surface area contributed by atoms with Crippen molar-refractivity contribution in [1.82, 2.24) is 0 Å². The Morgan fingerprint density at radius 2 is 1.13 bits per heavy atom. The van der Waals surface area contributed by atoms with E-state index in [1.807, 2.05) is 0 Å². The van der Waals surface area contributed by atoms with Gasteiger partial charge in [-0.3, -0.25) is 0 Å². The molecule has 164 valence electrons. The molecule has 0 N–H and O–H groups in total. The predicted molar refractivity (Wildman–Crippen MR) is 133 cm³/mol. The highest BCUT2D eigenvalue weighted by atomic mass is 15.2. The van der Waals surface area contributed by atoms with E-state index >= 15 is 0 Å². The standard InChI is InChI=1S/C29H38N2/c1-4-7-10-12-24-14-18-25(19-15-24)28-22-27(13-9-6-3)29(31(28)30)26-20-16-23(17-21-26)11-8-5-2/h14-22H,4-13H2,1-3H3. The molecule has 0 aromatic heterocycles. The Morgan fingerprint density at radius 1 is 0.613 bits per heavy atom. The van der Waals surface area contributed by atoms with Crippen LogP contribution in [0.25, 0.3) is 16.9 Å². The summed E-state index contributed by atoms with van der Waals surface area (Å²) in [6.45, 7) is 6.69. The average Bonchev–Trinajstić information content (AvgIpc) is 3.13. The second-order valence-corrected chi connectivity index (χ2v) is 8.77. The van der Waals surface area contributed by atoms with Crippen LogP contribution in [0, 0.1) is 0 Å². The van der Waals surface area contributed by atoms with E-state index in [0.717, 1.165) is 54.6 Å². The van der Waals surface area contributed by atoms with Crippen molar-refractivity contribution in [2.75, 3.05) is 0 Å². The molecule has 0 unspecified atom stereocenters. The number of aryl methyl sites for hydroxylation is 2. The summed E-state index contributed by atoms with van der Waals surface area (Å²) in [4.78, 5) is 0. The second-order valence-electron chi connectivity index (χ2n) is 8.77. The minimum Gasteiger partial charge on any atom is -0.493 e. The molecule has 0 spiro atoms. The van der Waals surface area contributed by atoms with Crippen molar-refractivity contribution in [3.05, 3.63) is 88.0 Å². The summed E-state index contributed by atoms with van der Waals surface area (Å²) in [7, 11) is 0. The summed E-state index contributed by atoms with van der Waals surface area (Å²) in [5.74, 6) is 0. The van der Waals surface area contributed by atoms with Gasteiger partial charge in [-0.25, -0.2) is 4.70 Å². The number of benzene rings is 2. The summed E-state index contributed by atoms with van der Waals surface area (Å²) < 4.78 is 1.41. The smallest absolute Gasteiger partial charge is 0.210 e. The Morgan fingerprint density at radius 3 is 1.71 bits per heavy atom. The van der Waals surface area contributed by atoms with Crippen LogP contribution in [-0.2, 0) is 12.8 Å². The Hall–Kier alpha value is -2.48. The van der Waals surface area contributed by atoms with Gasteiger partial charge in [-0.05, 0) is 73.9 Å². The maximum atomic E-state index is 11.2. The van der Waals surface area contributed by atoms with Crippen molar-refractivity contribution in [1.29, 1.82) is 0 Å². The molecule has 0 radical (unpaired) electrons. The number of hydrogen-bond acceptors (Lipinski definition) is 0. The molecule has 31 heavy (non-hydrogen) atoms. The molecule has 1 heterocycles. The fraction of sp³-hybridized carbons (Fsp3) is 0.448. The van der Waals surface area contributed by atoms with Gasteiger partial charge in [-0.1, -0.05) is 70.7 Å². The monoisotopic (exact) mass is 414 g/mol. The lowest BCUT2D eigenvalue weighted by Crippen LogP contribution is -2.02. The molecule has 2 aromatic carbocycles. The van der Waals surface area contributed by atoms with E-state index in [-0.39, 0.29) is 0 Å². The van der Waals surface area contributed by atoms with Gasteiger partial charge in [0, 0.05) is 22.8 Å². The molecule has 2 heteroatoms. The highest BCUT2D eigenvalue weighted by Crippen LogP contribution is 2.37. The minimum atomic E-state index is 0.885. The third-order valence-electron chi connectivity index (χ3n) is 6.22. The molecule has 0 amide bonds. The van der Waals surface area contributed by atoms with Crippen LogP contribution < -0.4 is 0 Å². The fourth-order valence-electron chi connectivity index (χ4n) is 4.25. The lowest BCUT2D eigenvalue weighted by atomic mass is 10.0. The molecule has 0 aliphatic carbocycles. The van der Waals surface area contributed by atoms with Gasteiger partial charge >= 0.3 is 0 Å². The lowest BCUT2D eigenvalue weighted by Gasteiger charge is -2.11. The highest BCUT2D eigenvalue weighted by Gasteiger charge is 2.28. The van der Waals surface area contributed by atoms with Crippen LogP contribution in [-0.4, -0.2) is 4.70 Å². The molecular weight excluding hydrogens is 376 g/mol. The Kier molecular flexibility index (Phi) is 8.82. The first-order valence-electron chi connectivity index (χ1n) is 12.3. The van der Waals surface area contributed by atoms with E-state index < -0.39 is 0 Å². The maximum Gasteiger partial charge on any atom is 0.210 e. The van der Waals surface area contributed by atoms with Crippen LogP contribution in [0.3, 0.4) is 0 Å². The van der Waals surface area contributed by atoms with E-state index in [4.69, 9.17) is 0 Å². The normalized spacial score (nSPS) is 13.8. The summed E-state index contributed by atoms with van der Waals surface area (Å²) in [6.07, 6.45) is 13.9. The van der Waals surface area contributed by atoms with Gasteiger partial charge in [0.1, 0.15) is 0 Å². The average molecular weight is 415 g/mol. The maximum absolute atomic E-state index is 11.2. The Labute approximate surface area is 189 Å². The molecule has 2 nitrogen and oxygen atoms in total. The van der Waals surface area contributed by atoms with Gasteiger partial charge in [-0.2, -0.15) is 0 Å². The summed E-state index contributed by atoms with van der Waals surface area (Å²) in [5.41, 5.74) is 19.2. The molecule has 1 aliphatic heterocycles. The second kappa shape index (κ2) is 11.8. The first-order valence-corrected chi connectivity index (χ1v) is 12.3. The molecule has 3 rings (SSSR count). The van der Waals surface area contributed by atoms with Gasteiger partial charge in [0.15, 0.2) is 0 Å². The Bertz CT molecular complexity index is 914. The van der Waals surface area contributed by atoms with Gasteiger partial charge in [0.25, 0.3) is 0 Å². The summed E-state index contributed by atoms with van der Waals surface area (Å²) in [5, 5.41) is 0.